The summed E-state index contributed by atoms with van der Waals surface area (Å²) >= 11 is 0. The quantitative estimate of drug-likeness (QED) is 0.675. The molecule has 4 N–H and O–H groups in total. The van der Waals surface area contributed by atoms with Gasteiger partial charge in [0, 0.05) is 11.8 Å². The highest BCUT2D eigenvalue weighted by Gasteiger charge is 2.42. The van der Waals surface area contributed by atoms with Gasteiger partial charge >= 0.3 is 5.97 Å². The molecule has 2 fully saturated rings. The van der Waals surface area contributed by atoms with Crippen LogP contribution in [0, 0.1) is 11.8 Å². The second kappa shape index (κ2) is 5.37. The molecule has 1 saturated heterocycles. The number of anilines is 1. The maximum Gasteiger partial charge on any atom is 0.339 e. The summed E-state index contributed by atoms with van der Waals surface area (Å²) < 4.78 is 0. The van der Waals surface area contributed by atoms with Gasteiger partial charge in [-0.1, -0.05) is 6.42 Å². The van der Waals surface area contributed by atoms with E-state index in [0.29, 0.717) is 17.5 Å². The third kappa shape index (κ3) is 2.58. The lowest BCUT2D eigenvalue weighted by molar-refractivity contribution is -0.118. The van der Waals surface area contributed by atoms with Gasteiger partial charge in [0.25, 0.3) is 0 Å². The van der Waals surface area contributed by atoms with Crippen LogP contribution in [0.25, 0.3) is 0 Å². The van der Waals surface area contributed by atoms with E-state index < -0.39 is 5.97 Å². The second-order valence-electron chi connectivity index (χ2n) is 5.77. The number of aromatic hydroxyl groups is 1. The third-order valence-corrected chi connectivity index (χ3v) is 4.52. The van der Waals surface area contributed by atoms with Crippen molar-refractivity contribution in [1.29, 1.82) is 0 Å². The van der Waals surface area contributed by atoms with Gasteiger partial charge in [-0.25, -0.2) is 4.79 Å². The summed E-state index contributed by atoms with van der Waals surface area (Å²) in [5.74, 6) is -0.692. The van der Waals surface area contributed by atoms with Crippen molar-refractivity contribution < 1.29 is 19.8 Å². The van der Waals surface area contributed by atoms with Crippen LogP contribution < -0.4 is 10.6 Å². The highest BCUT2D eigenvalue weighted by Crippen LogP contribution is 2.38. The Morgan fingerprint density at radius 1 is 1.29 bits per heavy atom. The molecule has 1 aliphatic carbocycles. The zero-order valence-corrected chi connectivity index (χ0v) is 11.5. The van der Waals surface area contributed by atoms with Crippen molar-refractivity contribution in [1.82, 2.24) is 5.32 Å². The molecule has 6 nitrogen and oxygen atoms in total. The van der Waals surface area contributed by atoms with Crippen LogP contribution >= 0.6 is 0 Å². The topological polar surface area (TPSA) is 98.7 Å². The molecule has 1 heterocycles. The van der Waals surface area contributed by atoms with Crippen molar-refractivity contribution in [3.8, 4) is 5.75 Å². The predicted molar refractivity (Wildman–Crippen MR) is 76.3 cm³/mol. The molecule has 1 aromatic rings. The summed E-state index contributed by atoms with van der Waals surface area (Å²) in [6.07, 6.45) is 3.42. The first-order valence-corrected chi connectivity index (χ1v) is 7.17. The van der Waals surface area contributed by atoms with Gasteiger partial charge in [-0.15, -0.1) is 0 Å². The van der Waals surface area contributed by atoms with Crippen LogP contribution in [0.5, 0.6) is 5.75 Å². The first kappa shape index (κ1) is 13.9. The lowest BCUT2D eigenvalue weighted by atomic mass is 9.93. The Kier molecular flexibility index (Phi) is 3.55. The molecular weight excluding hydrogens is 272 g/mol. The SMILES string of the molecule is O=C(O)c1ccc(NC(=O)C2NCC3CCCC32)cc1O. The van der Waals surface area contributed by atoms with E-state index in [1.54, 1.807) is 0 Å². The molecule has 3 rings (SSSR count). The Hall–Kier alpha value is -2.08. The number of nitrogens with one attached hydrogen (secondary N) is 2. The summed E-state index contributed by atoms with van der Waals surface area (Å²) in [6, 6.07) is 3.84. The Balaban J connectivity index is 1.70. The number of hydrogen-bond donors (Lipinski definition) is 4. The van der Waals surface area contributed by atoms with E-state index in [0.717, 1.165) is 13.0 Å². The highest BCUT2D eigenvalue weighted by atomic mass is 16.4. The van der Waals surface area contributed by atoms with Crippen molar-refractivity contribution in [2.24, 2.45) is 11.8 Å². The molecule has 21 heavy (non-hydrogen) atoms. The molecule has 112 valence electrons. The molecule has 2 aliphatic rings. The number of carboxylic acids is 1. The average molecular weight is 290 g/mol. The molecule has 1 amide bonds. The van der Waals surface area contributed by atoms with Crippen molar-refractivity contribution in [2.75, 3.05) is 11.9 Å². The molecule has 6 heteroatoms. The number of aromatic carboxylic acids is 1. The van der Waals surface area contributed by atoms with Crippen LogP contribution in [0.2, 0.25) is 0 Å². The molecule has 0 bridgehead atoms. The maximum atomic E-state index is 12.3. The van der Waals surface area contributed by atoms with Crippen molar-refractivity contribution in [3.05, 3.63) is 23.8 Å². The number of carbonyl (C=O) groups is 2. The van der Waals surface area contributed by atoms with Gasteiger partial charge in [0.15, 0.2) is 0 Å². The van der Waals surface area contributed by atoms with Crippen molar-refractivity contribution in [3.63, 3.8) is 0 Å². The van der Waals surface area contributed by atoms with Gasteiger partial charge in [0.2, 0.25) is 5.91 Å². The Morgan fingerprint density at radius 2 is 2.10 bits per heavy atom. The lowest BCUT2D eigenvalue weighted by Gasteiger charge is -2.18. The van der Waals surface area contributed by atoms with Crippen LogP contribution in [-0.2, 0) is 4.79 Å². The second-order valence-corrected chi connectivity index (χ2v) is 5.77. The van der Waals surface area contributed by atoms with Crippen LogP contribution in [-0.4, -0.2) is 34.7 Å². The fourth-order valence-corrected chi connectivity index (χ4v) is 3.48. The van der Waals surface area contributed by atoms with Gasteiger partial charge < -0.3 is 20.8 Å². The summed E-state index contributed by atoms with van der Waals surface area (Å²) in [5, 5.41) is 24.5. The number of fused-ring (bicyclic) bond motifs is 1. The van der Waals surface area contributed by atoms with Gasteiger partial charge in [-0.3, -0.25) is 4.79 Å². The monoisotopic (exact) mass is 290 g/mol. The molecule has 1 aliphatic heterocycles. The molecule has 3 atom stereocenters. The Bertz CT molecular complexity index is 587. The van der Waals surface area contributed by atoms with Gasteiger partial charge in [-0.05, 0) is 43.4 Å². The summed E-state index contributed by atoms with van der Waals surface area (Å²) in [5.41, 5.74) is 0.230. The van der Waals surface area contributed by atoms with Crippen LogP contribution in [0.3, 0.4) is 0 Å². The minimum absolute atomic E-state index is 0.119. The Labute approximate surface area is 122 Å². The number of carboxylic acid groups (broad SMARTS) is 1. The molecule has 0 aromatic heterocycles. The first-order chi connectivity index (χ1) is 10.1. The van der Waals surface area contributed by atoms with E-state index in [4.69, 9.17) is 5.11 Å². The molecule has 1 aromatic carbocycles. The summed E-state index contributed by atoms with van der Waals surface area (Å²) in [6.45, 7) is 0.881. The van der Waals surface area contributed by atoms with Crippen LogP contribution in [0.1, 0.15) is 29.6 Å². The number of phenols is 1. The zero-order valence-electron chi connectivity index (χ0n) is 11.5. The number of amides is 1. The zero-order chi connectivity index (χ0) is 15.0. The van der Waals surface area contributed by atoms with Crippen molar-refractivity contribution in [2.45, 2.75) is 25.3 Å². The molecule has 0 spiro atoms. The molecule has 0 radical (unpaired) electrons. The van der Waals surface area contributed by atoms with E-state index in [1.165, 1.54) is 31.0 Å². The minimum Gasteiger partial charge on any atom is -0.507 e. The molecular formula is C15H18N2O4. The van der Waals surface area contributed by atoms with Gasteiger partial charge in [0.1, 0.15) is 11.3 Å². The normalized spacial score (nSPS) is 27.3. The predicted octanol–water partition coefficient (Wildman–Crippen LogP) is 1.42. The number of rotatable bonds is 3. The van der Waals surface area contributed by atoms with E-state index in [1.807, 2.05) is 0 Å². The molecule has 3 unspecified atom stereocenters. The van der Waals surface area contributed by atoms with E-state index in [2.05, 4.69) is 10.6 Å². The van der Waals surface area contributed by atoms with Gasteiger partial charge in [-0.2, -0.15) is 0 Å². The van der Waals surface area contributed by atoms with Crippen LogP contribution in [0.4, 0.5) is 5.69 Å². The van der Waals surface area contributed by atoms with E-state index in [-0.39, 0.29) is 23.3 Å². The largest absolute Gasteiger partial charge is 0.507 e. The maximum absolute atomic E-state index is 12.3. The number of carbonyl (C=O) groups excluding carboxylic acids is 1. The van der Waals surface area contributed by atoms with Crippen LogP contribution in [0.15, 0.2) is 18.2 Å². The summed E-state index contributed by atoms with van der Waals surface area (Å²) in [7, 11) is 0. The van der Waals surface area contributed by atoms with Crippen molar-refractivity contribution >= 4 is 17.6 Å². The first-order valence-electron chi connectivity index (χ1n) is 7.17. The molecule has 1 saturated carbocycles. The van der Waals surface area contributed by atoms with E-state index in [9.17, 15) is 14.7 Å². The van der Waals surface area contributed by atoms with Gasteiger partial charge in [0.05, 0.1) is 6.04 Å². The fourth-order valence-electron chi connectivity index (χ4n) is 3.48. The minimum atomic E-state index is -1.20. The smallest absolute Gasteiger partial charge is 0.339 e. The van der Waals surface area contributed by atoms with E-state index >= 15 is 0 Å². The fraction of sp³-hybridized carbons (Fsp3) is 0.467. The number of benzene rings is 1. The lowest BCUT2D eigenvalue weighted by Crippen LogP contribution is -2.39. The average Bonchev–Trinajstić information content (AvgIpc) is 3.00. The summed E-state index contributed by atoms with van der Waals surface area (Å²) in [4.78, 5) is 23.1. The Morgan fingerprint density at radius 3 is 2.81 bits per heavy atom. The standard InChI is InChI=1S/C15H18N2O4/c18-12-6-9(4-5-11(12)15(20)21)17-14(19)13-10-3-1-2-8(10)7-16-13/h4-6,8,10,13,16,18H,1-3,7H2,(H,17,19)(H,20,21). The third-order valence-electron chi connectivity index (χ3n) is 4.52. The highest BCUT2D eigenvalue weighted by molar-refractivity contribution is 5.97. The number of hydrogen-bond acceptors (Lipinski definition) is 4.